The Kier molecular flexibility index (Phi) is 3.27. The number of fused-ring (bicyclic) bond motifs is 2. The number of nitrogens with zero attached hydrogens (tertiary/aromatic N) is 2. The maximum atomic E-state index is 12.7. The van der Waals surface area contributed by atoms with E-state index in [-0.39, 0.29) is 5.56 Å². The summed E-state index contributed by atoms with van der Waals surface area (Å²) in [4.78, 5) is 28.7. The number of carbonyl (C=O) groups is 1. The quantitative estimate of drug-likeness (QED) is 0.787. The first-order valence-electron chi connectivity index (χ1n) is 7.74. The SMILES string of the molecule is NC(=O)c1ccc2nc3c(c(=O)n2c1)CCC3=Cc1ccccc1. The van der Waals surface area contributed by atoms with Crippen LogP contribution >= 0.6 is 0 Å². The molecule has 0 radical (unpaired) electrons. The molecule has 1 aromatic carbocycles. The van der Waals surface area contributed by atoms with E-state index in [9.17, 15) is 9.59 Å². The zero-order chi connectivity index (χ0) is 16.7. The fourth-order valence-electron chi connectivity index (χ4n) is 3.08. The van der Waals surface area contributed by atoms with E-state index in [0.717, 1.165) is 23.3 Å². The van der Waals surface area contributed by atoms with Crippen LogP contribution < -0.4 is 11.3 Å². The van der Waals surface area contributed by atoms with Gasteiger partial charge in [0.1, 0.15) is 5.65 Å². The van der Waals surface area contributed by atoms with Gasteiger partial charge in [0.2, 0.25) is 5.91 Å². The highest BCUT2D eigenvalue weighted by molar-refractivity contribution is 5.92. The van der Waals surface area contributed by atoms with Crippen molar-refractivity contribution in [1.29, 1.82) is 0 Å². The average molecular weight is 317 g/mol. The van der Waals surface area contributed by atoms with Crippen LogP contribution in [0.25, 0.3) is 17.3 Å². The summed E-state index contributed by atoms with van der Waals surface area (Å²) in [6.07, 6.45) is 4.98. The van der Waals surface area contributed by atoms with Gasteiger partial charge < -0.3 is 5.73 Å². The molecule has 118 valence electrons. The minimum absolute atomic E-state index is 0.130. The Labute approximate surface area is 138 Å². The van der Waals surface area contributed by atoms with E-state index in [1.54, 1.807) is 12.1 Å². The van der Waals surface area contributed by atoms with Gasteiger partial charge in [0.15, 0.2) is 0 Å². The number of pyridine rings is 1. The van der Waals surface area contributed by atoms with Crippen molar-refractivity contribution in [3.63, 3.8) is 0 Å². The Morgan fingerprint density at radius 2 is 1.92 bits per heavy atom. The van der Waals surface area contributed by atoms with Gasteiger partial charge in [0.05, 0.1) is 11.3 Å². The minimum atomic E-state index is -0.561. The van der Waals surface area contributed by atoms with E-state index in [1.807, 2.05) is 30.3 Å². The van der Waals surface area contributed by atoms with Crippen molar-refractivity contribution in [2.24, 2.45) is 5.73 Å². The molecule has 5 heteroatoms. The summed E-state index contributed by atoms with van der Waals surface area (Å²) in [6, 6.07) is 13.2. The van der Waals surface area contributed by atoms with Crippen LogP contribution in [0.2, 0.25) is 0 Å². The van der Waals surface area contributed by atoms with Crippen LogP contribution in [0.4, 0.5) is 0 Å². The van der Waals surface area contributed by atoms with Crippen molar-refractivity contribution < 1.29 is 4.79 Å². The summed E-state index contributed by atoms with van der Waals surface area (Å²) in [6.45, 7) is 0. The van der Waals surface area contributed by atoms with E-state index in [1.165, 1.54) is 10.6 Å². The second kappa shape index (κ2) is 5.45. The number of carbonyl (C=O) groups excluding carboxylic acids is 1. The van der Waals surface area contributed by atoms with Gasteiger partial charge in [0.25, 0.3) is 5.56 Å². The first kappa shape index (κ1) is 14.4. The number of amides is 1. The monoisotopic (exact) mass is 317 g/mol. The third-order valence-electron chi connectivity index (χ3n) is 4.29. The molecule has 4 rings (SSSR count). The number of aromatic nitrogens is 2. The normalized spacial score (nSPS) is 14.9. The summed E-state index contributed by atoms with van der Waals surface area (Å²) in [5.74, 6) is -0.561. The predicted molar refractivity (Wildman–Crippen MR) is 92.6 cm³/mol. The fraction of sp³-hybridized carbons (Fsp3) is 0.105. The Morgan fingerprint density at radius 3 is 2.67 bits per heavy atom. The summed E-state index contributed by atoms with van der Waals surface area (Å²) >= 11 is 0. The van der Waals surface area contributed by atoms with Gasteiger partial charge in [-0.3, -0.25) is 14.0 Å². The van der Waals surface area contributed by atoms with Gasteiger partial charge in [-0.15, -0.1) is 0 Å². The smallest absolute Gasteiger partial charge is 0.261 e. The average Bonchev–Trinajstić information content (AvgIpc) is 2.99. The van der Waals surface area contributed by atoms with Gasteiger partial charge in [-0.25, -0.2) is 4.98 Å². The molecular formula is C19H15N3O2. The molecule has 0 aliphatic heterocycles. The molecule has 0 fully saturated rings. The lowest BCUT2D eigenvalue weighted by Gasteiger charge is -2.06. The lowest BCUT2D eigenvalue weighted by molar-refractivity contribution is 0.1000. The van der Waals surface area contributed by atoms with Gasteiger partial charge in [0, 0.05) is 11.8 Å². The lowest BCUT2D eigenvalue weighted by atomic mass is 10.1. The zero-order valence-corrected chi connectivity index (χ0v) is 12.9. The van der Waals surface area contributed by atoms with Crippen LogP contribution in [0.15, 0.2) is 53.5 Å². The molecule has 2 N–H and O–H groups in total. The van der Waals surface area contributed by atoms with E-state index in [4.69, 9.17) is 5.73 Å². The predicted octanol–water partition coefficient (Wildman–Crippen LogP) is 2.28. The van der Waals surface area contributed by atoms with E-state index in [2.05, 4.69) is 11.1 Å². The Bertz CT molecular complexity index is 1050. The fourth-order valence-corrected chi connectivity index (χ4v) is 3.08. The zero-order valence-electron chi connectivity index (χ0n) is 12.9. The van der Waals surface area contributed by atoms with Gasteiger partial charge >= 0.3 is 0 Å². The lowest BCUT2D eigenvalue weighted by Crippen LogP contribution is -2.21. The number of allylic oxidation sites excluding steroid dienone is 1. The van der Waals surface area contributed by atoms with Crippen LogP contribution in [0.1, 0.15) is 33.6 Å². The first-order chi connectivity index (χ1) is 11.6. The van der Waals surface area contributed by atoms with Crippen molar-refractivity contribution >= 4 is 23.2 Å². The molecule has 0 unspecified atom stereocenters. The Hall–Kier alpha value is -3.21. The number of primary amides is 1. The van der Waals surface area contributed by atoms with E-state index < -0.39 is 5.91 Å². The van der Waals surface area contributed by atoms with Crippen molar-refractivity contribution in [2.75, 3.05) is 0 Å². The molecule has 2 aromatic heterocycles. The van der Waals surface area contributed by atoms with Crippen LogP contribution in [-0.4, -0.2) is 15.3 Å². The van der Waals surface area contributed by atoms with Crippen molar-refractivity contribution in [3.05, 3.63) is 81.4 Å². The molecule has 24 heavy (non-hydrogen) atoms. The number of hydrogen-bond donors (Lipinski definition) is 1. The van der Waals surface area contributed by atoms with Crippen LogP contribution in [0.3, 0.4) is 0 Å². The first-order valence-corrected chi connectivity index (χ1v) is 7.74. The van der Waals surface area contributed by atoms with Crippen LogP contribution in [0.5, 0.6) is 0 Å². The molecule has 0 atom stereocenters. The van der Waals surface area contributed by atoms with E-state index in [0.29, 0.717) is 23.2 Å². The Morgan fingerprint density at radius 1 is 1.12 bits per heavy atom. The minimum Gasteiger partial charge on any atom is -0.366 e. The summed E-state index contributed by atoms with van der Waals surface area (Å²) in [5.41, 5.74) is 9.58. The molecule has 2 heterocycles. The highest BCUT2D eigenvalue weighted by atomic mass is 16.1. The molecule has 1 aliphatic carbocycles. The molecule has 0 bridgehead atoms. The van der Waals surface area contributed by atoms with Crippen molar-refractivity contribution in [1.82, 2.24) is 9.38 Å². The van der Waals surface area contributed by atoms with Gasteiger partial charge in [-0.1, -0.05) is 30.3 Å². The van der Waals surface area contributed by atoms with Gasteiger partial charge in [-0.05, 0) is 42.2 Å². The van der Waals surface area contributed by atoms with Crippen molar-refractivity contribution in [2.45, 2.75) is 12.8 Å². The molecule has 0 spiro atoms. The summed E-state index contributed by atoms with van der Waals surface area (Å²) < 4.78 is 1.41. The molecule has 5 nitrogen and oxygen atoms in total. The number of rotatable bonds is 2. The summed E-state index contributed by atoms with van der Waals surface area (Å²) in [7, 11) is 0. The number of benzene rings is 1. The molecule has 0 saturated carbocycles. The third-order valence-corrected chi connectivity index (χ3v) is 4.29. The third kappa shape index (κ3) is 2.31. The molecular weight excluding hydrogens is 302 g/mol. The maximum Gasteiger partial charge on any atom is 0.261 e. The standard InChI is InChI=1S/C19H15N3O2/c20-18(23)14-7-9-16-21-17-13(10-12-4-2-1-3-5-12)6-8-15(17)19(24)22(16)11-14/h1-5,7,9-11H,6,8H2,(H2,20,23). The highest BCUT2D eigenvalue weighted by Gasteiger charge is 2.22. The molecule has 3 aromatic rings. The highest BCUT2D eigenvalue weighted by Crippen LogP contribution is 2.30. The number of hydrogen-bond acceptors (Lipinski definition) is 3. The van der Waals surface area contributed by atoms with Crippen molar-refractivity contribution in [3.8, 4) is 0 Å². The van der Waals surface area contributed by atoms with Crippen LogP contribution in [-0.2, 0) is 6.42 Å². The largest absolute Gasteiger partial charge is 0.366 e. The maximum absolute atomic E-state index is 12.7. The molecule has 1 amide bonds. The summed E-state index contributed by atoms with van der Waals surface area (Å²) in [5, 5.41) is 0. The Balaban J connectivity index is 1.90. The van der Waals surface area contributed by atoms with E-state index >= 15 is 0 Å². The second-order valence-corrected chi connectivity index (χ2v) is 5.83. The topological polar surface area (TPSA) is 77.5 Å². The number of nitrogens with two attached hydrogens (primary N) is 1. The second-order valence-electron chi connectivity index (χ2n) is 5.83. The molecule has 0 saturated heterocycles. The van der Waals surface area contributed by atoms with Crippen LogP contribution in [0, 0.1) is 0 Å². The van der Waals surface area contributed by atoms with Gasteiger partial charge in [-0.2, -0.15) is 0 Å². The molecule has 1 aliphatic rings.